The second-order valence-electron chi connectivity index (χ2n) is 4.18. The van der Waals surface area contributed by atoms with Gasteiger partial charge in [-0.05, 0) is 17.4 Å². The van der Waals surface area contributed by atoms with Crippen LogP contribution in [0.3, 0.4) is 0 Å². The van der Waals surface area contributed by atoms with Crippen molar-refractivity contribution in [2.45, 2.75) is 18.4 Å². The number of hydrogen-bond donors (Lipinski definition) is 2. The molecule has 2 aromatic carbocycles. The van der Waals surface area contributed by atoms with Crippen molar-refractivity contribution in [3.8, 4) is 5.75 Å². The first kappa shape index (κ1) is 14.7. The number of thioether (sulfide) groups is 1. The van der Waals surface area contributed by atoms with Gasteiger partial charge in [-0.1, -0.05) is 25.1 Å². The quantitative estimate of drug-likeness (QED) is 0.633. The first-order chi connectivity index (χ1) is 9.61. The normalized spacial score (nSPS) is 10.6. The maximum Gasteiger partial charge on any atom is 0.187 e. The van der Waals surface area contributed by atoms with Crippen LogP contribution in [0.15, 0.2) is 41.3 Å². The summed E-state index contributed by atoms with van der Waals surface area (Å²) in [6.07, 6.45) is 0. The number of phenolic OH excluding ortho intramolecular Hbond substituents is 1. The summed E-state index contributed by atoms with van der Waals surface area (Å²) in [6.45, 7) is 2.53. The number of halogens is 2. The second kappa shape index (κ2) is 6.61. The Balaban J connectivity index is 2.13. The number of hydrogen-bond acceptors (Lipinski definition) is 3. The van der Waals surface area contributed by atoms with Gasteiger partial charge in [-0.15, -0.1) is 11.8 Å². The van der Waals surface area contributed by atoms with E-state index in [0.29, 0.717) is 12.2 Å². The number of rotatable bonds is 5. The van der Waals surface area contributed by atoms with Crippen LogP contribution in [0.1, 0.15) is 12.5 Å². The summed E-state index contributed by atoms with van der Waals surface area (Å²) in [4.78, 5) is 1.14. The molecule has 20 heavy (non-hydrogen) atoms. The minimum atomic E-state index is -0.969. The molecule has 0 fully saturated rings. The number of phenols is 1. The third-order valence-corrected chi connectivity index (χ3v) is 3.77. The van der Waals surface area contributed by atoms with Gasteiger partial charge in [-0.25, -0.2) is 8.78 Å². The van der Waals surface area contributed by atoms with Gasteiger partial charge in [0.2, 0.25) is 0 Å². The fourth-order valence-electron chi connectivity index (χ4n) is 1.81. The van der Waals surface area contributed by atoms with Crippen LogP contribution >= 0.6 is 11.8 Å². The third kappa shape index (κ3) is 3.42. The van der Waals surface area contributed by atoms with Gasteiger partial charge in [0.15, 0.2) is 17.4 Å². The molecule has 0 saturated carbocycles. The zero-order valence-corrected chi connectivity index (χ0v) is 11.8. The van der Waals surface area contributed by atoms with E-state index < -0.39 is 17.4 Å². The van der Waals surface area contributed by atoms with Crippen LogP contribution in [0.2, 0.25) is 0 Å². The summed E-state index contributed by atoms with van der Waals surface area (Å²) in [5.41, 5.74) is 1.36. The Morgan fingerprint density at radius 1 is 1.15 bits per heavy atom. The smallest absolute Gasteiger partial charge is 0.187 e. The average Bonchev–Trinajstić information content (AvgIpc) is 2.44. The van der Waals surface area contributed by atoms with Crippen molar-refractivity contribution in [2.24, 2.45) is 0 Å². The lowest BCUT2D eigenvalue weighted by Crippen LogP contribution is -2.02. The SMILES string of the molecule is CCSc1ccccc1CNc1cc(F)c(O)c(F)c1. The summed E-state index contributed by atoms with van der Waals surface area (Å²) in [7, 11) is 0. The number of anilines is 1. The van der Waals surface area contributed by atoms with E-state index in [4.69, 9.17) is 5.11 Å². The lowest BCUT2D eigenvalue weighted by molar-refractivity contribution is 0.396. The highest BCUT2D eigenvalue weighted by molar-refractivity contribution is 7.99. The summed E-state index contributed by atoms with van der Waals surface area (Å²) >= 11 is 1.72. The van der Waals surface area contributed by atoms with Crippen molar-refractivity contribution in [2.75, 3.05) is 11.1 Å². The standard InChI is InChI=1S/C15H15F2NOS/c1-2-20-14-6-4-3-5-10(14)9-18-11-7-12(16)15(19)13(17)8-11/h3-8,18-19H,2,9H2,1H3. The molecule has 0 amide bonds. The highest BCUT2D eigenvalue weighted by Gasteiger charge is 2.09. The molecule has 0 unspecified atom stereocenters. The van der Waals surface area contributed by atoms with Crippen molar-refractivity contribution >= 4 is 17.4 Å². The van der Waals surface area contributed by atoms with Crippen molar-refractivity contribution in [3.63, 3.8) is 0 Å². The molecule has 0 atom stereocenters. The molecule has 5 heteroatoms. The summed E-state index contributed by atoms with van der Waals surface area (Å²) in [5.74, 6) is -1.93. The molecule has 2 N–H and O–H groups in total. The monoisotopic (exact) mass is 295 g/mol. The van der Waals surface area contributed by atoms with Gasteiger partial charge in [-0.3, -0.25) is 0 Å². The van der Waals surface area contributed by atoms with Crippen LogP contribution in [0.5, 0.6) is 5.75 Å². The van der Waals surface area contributed by atoms with Gasteiger partial charge in [0.05, 0.1) is 0 Å². The zero-order chi connectivity index (χ0) is 14.5. The van der Waals surface area contributed by atoms with E-state index in [9.17, 15) is 8.78 Å². The molecule has 2 rings (SSSR count). The van der Waals surface area contributed by atoms with Gasteiger partial charge in [0.1, 0.15) is 0 Å². The van der Waals surface area contributed by atoms with E-state index in [0.717, 1.165) is 28.3 Å². The second-order valence-corrected chi connectivity index (χ2v) is 5.49. The molecule has 0 spiro atoms. The van der Waals surface area contributed by atoms with Crippen LogP contribution in [-0.4, -0.2) is 10.9 Å². The number of nitrogens with one attached hydrogen (secondary N) is 1. The molecule has 106 valence electrons. The molecule has 0 aromatic heterocycles. The largest absolute Gasteiger partial charge is 0.503 e. The van der Waals surface area contributed by atoms with Crippen LogP contribution in [0.25, 0.3) is 0 Å². The van der Waals surface area contributed by atoms with Crippen molar-refractivity contribution in [3.05, 3.63) is 53.6 Å². The minimum absolute atomic E-state index is 0.300. The topological polar surface area (TPSA) is 32.3 Å². The maximum absolute atomic E-state index is 13.2. The van der Waals surface area contributed by atoms with Crippen molar-refractivity contribution in [1.29, 1.82) is 0 Å². The summed E-state index contributed by atoms with van der Waals surface area (Å²) in [5, 5.41) is 12.0. The average molecular weight is 295 g/mol. The van der Waals surface area contributed by atoms with Crippen LogP contribution in [0.4, 0.5) is 14.5 Å². The van der Waals surface area contributed by atoms with Crippen LogP contribution < -0.4 is 5.32 Å². The predicted molar refractivity (Wildman–Crippen MR) is 78.2 cm³/mol. The Morgan fingerprint density at radius 3 is 2.45 bits per heavy atom. The van der Waals surface area contributed by atoms with E-state index in [1.807, 2.05) is 24.3 Å². The van der Waals surface area contributed by atoms with E-state index in [1.54, 1.807) is 11.8 Å². The summed E-state index contributed by atoms with van der Waals surface area (Å²) < 4.78 is 26.5. The van der Waals surface area contributed by atoms with Gasteiger partial charge in [0.25, 0.3) is 0 Å². The molecule has 0 saturated heterocycles. The molecule has 0 aliphatic carbocycles. The lowest BCUT2D eigenvalue weighted by atomic mass is 10.2. The Kier molecular flexibility index (Phi) is 4.84. The first-order valence-corrected chi connectivity index (χ1v) is 7.23. The first-order valence-electron chi connectivity index (χ1n) is 6.24. The summed E-state index contributed by atoms with van der Waals surface area (Å²) in [6, 6.07) is 10.0. The fourth-order valence-corrected chi connectivity index (χ4v) is 2.62. The third-order valence-electron chi connectivity index (χ3n) is 2.77. The Morgan fingerprint density at radius 2 is 1.80 bits per heavy atom. The molecule has 0 radical (unpaired) electrons. The van der Waals surface area contributed by atoms with Crippen molar-refractivity contribution < 1.29 is 13.9 Å². The minimum Gasteiger partial charge on any atom is -0.503 e. The number of aromatic hydroxyl groups is 1. The van der Waals surface area contributed by atoms with E-state index in [-0.39, 0.29) is 0 Å². The highest BCUT2D eigenvalue weighted by Crippen LogP contribution is 2.26. The van der Waals surface area contributed by atoms with E-state index in [1.165, 1.54) is 0 Å². The van der Waals surface area contributed by atoms with Gasteiger partial charge in [0, 0.05) is 29.3 Å². The molecule has 2 aromatic rings. The van der Waals surface area contributed by atoms with Gasteiger partial charge < -0.3 is 10.4 Å². The van der Waals surface area contributed by atoms with Crippen LogP contribution in [0, 0.1) is 11.6 Å². The molecule has 0 aliphatic heterocycles. The predicted octanol–water partition coefficient (Wildman–Crippen LogP) is 4.39. The molecule has 0 aliphatic rings. The Labute approximate surface area is 120 Å². The van der Waals surface area contributed by atoms with Gasteiger partial charge in [-0.2, -0.15) is 0 Å². The lowest BCUT2D eigenvalue weighted by Gasteiger charge is -2.11. The molecule has 2 nitrogen and oxygen atoms in total. The van der Waals surface area contributed by atoms with Crippen molar-refractivity contribution in [1.82, 2.24) is 0 Å². The van der Waals surface area contributed by atoms with E-state index in [2.05, 4.69) is 12.2 Å². The van der Waals surface area contributed by atoms with Crippen LogP contribution in [-0.2, 0) is 6.54 Å². The molecular weight excluding hydrogens is 280 g/mol. The number of benzene rings is 2. The molecule has 0 heterocycles. The Bertz CT molecular complexity index is 581. The zero-order valence-electron chi connectivity index (χ0n) is 11.0. The van der Waals surface area contributed by atoms with Gasteiger partial charge >= 0.3 is 0 Å². The fraction of sp³-hybridized carbons (Fsp3) is 0.200. The van der Waals surface area contributed by atoms with E-state index >= 15 is 0 Å². The molecule has 0 bridgehead atoms. The molecular formula is C15H15F2NOS. The highest BCUT2D eigenvalue weighted by atomic mass is 32.2. The maximum atomic E-state index is 13.2. The Hall–Kier alpha value is -1.75.